The van der Waals surface area contributed by atoms with Crippen molar-refractivity contribution >= 4 is 35.8 Å². The Bertz CT molecular complexity index is 531. The molecule has 2 N–H and O–H groups in total. The van der Waals surface area contributed by atoms with Gasteiger partial charge in [0.05, 0.1) is 12.7 Å². The van der Waals surface area contributed by atoms with Gasteiger partial charge >= 0.3 is 0 Å². The first kappa shape index (κ1) is 23.9. The van der Waals surface area contributed by atoms with Gasteiger partial charge < -0.3 is 25.0 Å². The standard InChI is InChI=1S/C19H33N5O2.HI/c1-4-24(5-2)18-8-7-16(13-22-18)14-23-19(20-3)21-10-6-11-26-17-9-12-25-15-17;/h7-8,13,17H,4-6,9-12,14-15H2,1-3H3,(H2,20,21,23);1H. The Labute approximate surface area is 180 Å². The second-order valence-electron chi connectivity index (χ2n) is 6.26. The van der Waals surface area contributed by atoms with E-state index in [9.17, 15) is 0 Å². The van der Waals surface area contributed by atoms with Gasteiger partial charge in [0, 0.05) is 52.6 Å². The molecular weight excluding hydrogens is 457 g/mol. The molecule has 1 aromatic rings. The summed E-state index contributed by atoms with van der Waals surface area (Å²) < 4.78 is 11.1. The number of aromatic nitrogens is 1. The van der Waals surface area contributed by atoms with Crippen molar-refractivity contribution in [1.29, 1.82) is 0 Å². The van der Waals surface area contributed by atoms with Crippen molar-refractivity contribution in [2.24, 2.45) is 4.99 Å². The summed E-state index contributed by atoms with van der Waals surface area (Å²) in [5.74, 6) is 1.82. The molecule has 0 aliphatic carbocycles. The van der Waals surface area contributed by atoms with Crippen LogP contribution in [-0.4, -0.2) is 63.6 Å². The molecule has 1 saturated heterocycles. The lowest BCUT2D eigenvalue weighted by Gasteiger charge is -2.19. The fraction of sp³-hybridized carbons (Fsp3) is 0.684. The first-order chi connectivity index (χ1) is 12.8. The Balaban J connectivity index is 0.00000364. The number of aliphatic imine (C=N–C) groups is 1. The molecule has 0 spiro atoms. The van der Waals surface area contributed by atoms with Crippen LogP contribution in [0.5, 0.6) is 0 Å². The van der Waals surface area contributed by atoms with E-state index >= 15 is 0 Å². The normalized spacial score (nSPS) is 16.7. The fourth-order valence-electron chi connectivity index (χ4n) is 2.84. The number of pyridine rings is 1. The van der Waals surface area contributed by atoms with Crippen LogP contribution in [-0.2, 0) is 16.0 Å². The third-order valence-corrected chi connectivity index (χ3v) is 4.44. The molecule has 1 aliphatic heterocycles. The van der Waals surface area contributed by atoms with Crippen LogP contribution in [0.25, 0.3) is 0 Å². The molecule has 1 unspecified atom stereocenters. The Kier molecular flexibility index (Phi) is 12.4. The average molecular weight is 491 g/mol. The molecular formula is C19H34IN5O2. The maximum atomic E-state index is 5.76. The van der Waals surface area contributed by atoms with Crippen LogP contribution < -0.4 is 15.5 Å². The van der Waals surface area contributed by atoms with Crippen LogP contribution in [0.2, 0.25) is 0 Å². The van der Waals surface area contributed by atoms with Gasteiger partial charge in [-0.15, -0.1) is 24.0 Å². The highest BCUT2D eigenvalue weighted by atomic mass is 127. The Morgan fingerprint density at radius 1 is 1.33 bits per heavy atom. The zero-order valence-corrected chi connectivity index (χ0v) is 19.1. The third kappa shape index (κ3) is 8.61. The van der Waals surface area contributed by atoms with E-state index in [0.29, 0.717) is 6.54 Å². The lowest BCUT2D eigenvalue weighted by molar-refractivity contribution is 0.0420. The van der Waals surface area contributed by atoms with Gasteiger partial charge in [0.25, 0.3) is 0 Å². The van der Waals surface area contributed by atoms with E-state index in [1.807, 2.05) is 6.20 Å². The largest absolute Gasteiger partial charge is 0.379 e. The highest BCUT2D eigenvalue weighted by Crippen LogP contribution is 2.10. The number of hydrogen-bond donors (Lipinski definition) is 2. The topological polar surface area (TPSA) is 71.0 Å². The number of anilines is 1. The number of guanidine groups is 1. The predicted octanol–water partition coefficient (Wildman–Crippen LogP) is 2.41. The van der Waals surface area contributed by atoms with Gasteiger partial charge in [-0.2, -0.15) is 0 Å². The summed E-state index contributed by atoms with van der Waals surface area (Å²) in [6.45, 7) is 10.0. The molecule has 1 aliphatic rings. The van der Waals surface area contributed by atoms with Crippen molar-refractivity contribution in [1.82, 2.24) is 15.6 Å². The van der Waals surface area contributed by atoms with Crippen molar-refractivity contribution < 1.29 is 9.47 Å². The Hall–Kier alpha value is -1.13. The van der Waals surface area contributed by atoms with E-state index in [1.165, 1.54) is 0 Å². The maximum Gasteiger partial charge on any atom is 0.191 e. The van der Waals surface area contributed by atoms with E-state index in [2.05, 4.69) is 51.5 Å². The zero-order valence-electron chi connectivity index (χ0n) is 16.7. The van der Waals surface area contributed by atoms with Crippen molar-refractivity contribution in [2.45, 2.75) is 39.3 Å². The molecule has 1 atom stereocenters. The van der Waals surface area contributed by atoms with Crippen LogP contribution in [0.15, 0.2) is 23.3 Å². The number of hydrogen-bond acceptors (Lipinski definition) is 5. The number of halogens is 1. The quantitative estimate of drug-likeness (QED) is 0.227. The van der Waals surface area contributed by atoms with E-state index in [-0.39, 0.29) is 30.1 Å². The summed E-state index contributed by atoms with van der Waals surface area (Å²) in [5.41, 5.74) is 1.13. The zero-order chi connectivity index (χ0) is 18.6. The molecule has 154 valence electrons. The summed E-state index contributed by atoms with van der Waals surface area (Å²) in [4.78, 5) is 11.0. The Morgan fingerprint density at radius 2 is 2.15 bits per heavy atom. The van der Waals surface area contributed by atoms with Gasteiger partial charge in [0.1, 0.15) is 5.82 Å². The summed E-state index contributed by atoms with van der Waals surface area (Å²) in [6, 6.07) is 4.18. The van der Waals surface area contributed by atoms with Crippen molar-refractivity contribution in [2.75, 3.05) is 51.4 Å². The van der Waals surface area contributed by atoms with Crippen LogP contribution in [0.1, 0.15) is 32.3 Å². The molecule has 2 rings (SSSR count). The molecule has 7 nitrogen and oxygen atoms in total. The van der Waals surface area contributed by atoms with Crippen molar-refractivity contribution in [3.63, 3.8) is 0 Å². The minimum atomic E-state index is 0. The molecule has 0 aromatic carbocycles. The molecule has 0 saturated carbocycles. The smallest absolute Gasteiger partial charge is 0.191 e. The first-order valence-corrected chi connectivity index (χ1v) is 9.60. The van der Waals surface area contributed by atoms with Gasteiger partial charge in [-0.3, -0.25) is 4.99 Å². The molecule has 8 heteroatoms. The van der Waals surface area contributed by atoms with E-state index in [4.69, 9.17) is 9.47 Å². The van der Waals surface area contributed by atoms with Crippen molar-refractivity contribution in [3.8, 4) is 0 Å². The highest BCUT2D eigenvalue weighted by Gasteiger charge is 2.15. The molecule has 0 amide bonds. The van der Waals surface area contributed by atoms with E-state index in [0.717, 1.165) is 69.6 Å². The van der Waals surface area contributed by atoms with Crippen LogP contribution in [0, 0.1) is 0 Å². The van der Waals surface area contributed by atoms with Gasteiger partial charge in [-0.05, 0) is 38.3 Å². The number of nitrogens with zero attached hydrogens (tertiary/aromatic N) is 3. The predicted molar refractivity (Wildman–Crippen MR) is 121 cm³/mol. The van der Waals surface area contributed by atoms with Crippen LogP contribution >= 0.6 is 24.0 Å². The summed E-state index contributed by atoms with van der Waals surface area (Å²) in [6.07, 6.45) is 4.15. The van der Waals surface area contributed by atoms with Gasteiger partial charge in [0.2, 0.25) is 0 Å². The fourth-order valence-corrected chi connectivity index (χ4v) is 2.84. The maximum absolute atomic E-state index is 5.76. The SMILES string of the molecule is CCN(CC)c1ccc(CNC(=NC)NCCCOC2CCOC2)cn1.I. The minimum absolute atomic E-state index is 0. The molecule has 1 fully saturated rings. The van der Waals surface area contributed by atoms with E-state index in [1.54, 1.807) is 7.05 Å². The second kappa shape index (κ2) is 14.0. The Morgan fingerprint density at radius 3 is 2.74 bits per heavy atom. The van der Waals surface area contributed by atoms with Crippen molar-refractivity contribution in [3.05, 3.63) is 23.9 Å². The lowest BCUT2D eigenvalue weighted by Crippen LogP contribution is -2.37. The number of rotatable bonds is 10. The number of nitrogens with one attached hydrogen (secondary N) is 2. The molecule has 1 aromatic heterocycles. The highest BCUT2D eigenvalue weighted by molar-refractivity contribution is 14.0. The molecule has 27 heavy (non-hydrogen) atoms. The van der Waals surface area contributed by atoms with E-state index < -0.39 is 0 Å². The molecule has 0 radical (unpaired) electrons. The van der Waals surface area contributed by atoms with Gasteiger partial charge in [0.15, 0.2) is 5.96 Å². The summed E-state index contributed by atoms with van der Waals surface area (Å²) in [7, 11) is 1.78. The molecule has 2 heterocycles. The average Bonchev–Trinajstić information content (AvgIpc) is 3.19. The third-order valence-electron chi connectivity index (χ3n) is 4.44. The second-order valence-corrected chi connectivity index (χ2v) is 6.26. The lowest BCUT2D eigenvalue weighted by atomic mass is 10.2. The summed E-state index contributed by atoms with van der Waals surface area (Å²) >= 11 is 0. The van der Waals surface area contributed by atoms with Crippen LogP contribution in [0.3, 0.4) is 0 Å². The number of ether oxygens (including phenoxy) is 2. The first-order valence-electron chi connectivity index (χ1n) is 9.60. The molecule has 0 bridgehead atoms. The van der Waals surface area contributed by atoms with Crippen LogP contribution in [0.4, 0.5) is 5.82 Å². The van der Waals surface area contributed by atoms with Gasteiger partial charge in [-0.25, -0.2) is 4.98 Å². The minimum Gasteiger partial charge on any atom is -0.379 e. The summed E-state index contributed by atoms with van der Waals surface area (Å²) in [5, 5.41) is 6.63. The van der Waals surface area contributed by atoms with Gasteiger partial charge in [-0.1, -0.05) is 6.07 Å². The monoisotopic (exact) mass is 491 g/mol.